The normalized spacial score (nSPS) is 9.38. The van der Waals surface area contributed by atoms with E-state index in [0.717, 1.165) is 16.5 Å². The van der Waals surface area contributed by atoms with Crippen LogP contribution in [0, 0.1) is 0 Å². The maximum atomic E-state index is 9.18. The second-order valence-electron chi connectivity index (χ2n) is 3.11. The van der Waals surface area contributed by atoms with Gasteiger partial charge >= 0.3 is 0 Å². The number of H-pyrrole nitrogens is 1. The standard InChI is InChI=1S/C9H9NO.C3H6O2/c11-6-7-1-2-9-8(5-7)3-4-10-9;1-2-5-3-4/h1-5,10-11H,6H2;3H,2H2,1H3. The molecule has 2 aromatic rings. The van der Waals surface area contributed by atoms with Gasteiger partial charge in [0.05, 0.1) is 13.2 Å². The number of aliphatic hydroxyl groups excluding tert-OH is 1. The maximum absolute atomic E-state index is 9.18. The summed E-state index contributed by atoms with van der Waals surface area (Å²) in [6, 6.07) is 7.86. The number of aromatic nitrogens is 1. The molecule has 4 heteroatoms. The lowest BCUT2D eigenvalue weighted by atomic mass is 10.2. The largest absolute Gasteiger partial charge is 0.468 e. The van der Waals surface area contributed by atoms with Crippen LogP contribution in [-0.4, -0.2) is 23.2 Å². The zero-order valence-corrected chi connectivity index (χ0v) is 9.14. The van der Waals surface area contributed by atoms with Crippen molar-refractivity contribution in [2.24, 2.45) is 0 Å². The monoisotopic (exact) mass is 221 g/mol. The third-order valence-corrected chi connectivity index (χ3v) is 2.03. The maximum Gasteiger partial charge on any atom is 0.293 e. The molecule has 0 atom stereocenters. The van der Waals surface area contributed by atoms with E-state index in [4.69, 9.17) is 5.11 Å². The van der Waals surface area contributed by atoms with Crippen LogP contribution in [0.4, 0.5) is 0 Å². The Kier molecular flexibility index (Phi) is 5.08. The first kappa shape index (κ1) is 12.3. The molecule has 16 heavy (non-hydrogen) atoms. The molecule has 2 rings (SSSR count). The number of carbonyl (C=O) groups is 1. The molecule has 2 N–H and O–H groups in total. The number of nitrogens with one attached hydrogen (secondary N) is 1. The highest BCUT2D eigenvalue weighted by molar-refractivity contribution is 5.79. The lowest BCUT2D eigenvalue weighted by Gasteiger charge is -1.94. The minimum Gasteiger partial charge on any atom is -0.468 e. The number of hydrogen-bond donors (Lipinski definition) is 2. The fraction of sp³-hybridized carbons (Fsp3) is 0.250. The van der Waals surface area contributed by atoms with E-state index < -0.39 is 0 Å². The van der Waals surface area contributed by atoms with Gasteiger partial charge in [-0.25, -0.2) is 0 Å². The van der Waals surface area contributed by atoms with Crippen LogP contribution < -0.4 is 0 Å². The van der Waals surface area contributed by atoms with Gasteiger partial charge in [0.15, 0.2) is 0 Å². The Morgan fingerprint density at radius 1 is 1.44 bits per heavy atom. The molecule has 0 saturated heterocycles. The molecule has 0 saturated carbocycles. The van der Waals surface area contributed by atoms with Gasteiger partial charge < -0.3 is 14.8 Å². The SMILES string of the molecule is CCOC=O.OCc1ccc2[nH]ccc2c1. The summed E-state index contributed by atoms with van der Waals surface area (Å²) in [7, 11) is 0. The number of hydrogen-bond acceptors (Lipinski definition) is 3. The second kappa shape index (κ2) is 6.63. The molecule has 1 aromatic carbocycles. The Hall–Kier alpha value is -1.81. The van der Waals surface area contributed by atoms with E-state index >= 15 is 0 Å². The fourth-order valence-corrected chi connectivity index (χ4v) is 1.27. The molecule has 0 aliphatic rings. The van der Waals surface area contributed by atoms with Gasteiger partial charge in [-0.2, -0.15) is 0 Å². The van der Waals surface area contributed by atoms with E-state index in [1.54, 1.807) is 6.92 Å². The first-order valence-corrected chi connectivity index (χ1v) is 5.04. The van der Waals surface area contributed by atoms with E-state index in [1.165, 1.54) is 0 Å². The number of fused-ring (bicyclic) bond motifs is 1. The first-order valence-electron chi connectivity index (χ1n) is 5.04. The van der Waals surface area contributed by atoms with Crippen LogP contribution in [0.3, 0.4) is 0 Å². The van der Waals surface area contributed by atoms with Crippen molar-refractivity contribution in [1.29, 1.82) is 0 Å². The van der Waals surface area contributed by atoms with Crippen molar-refractivity contribution < 1.29 is 14.6 Å². The summed E-state index contributed by atoms with van der Waals surface area (Å²) in [5.41, 5.74) is 2.07. The molecule has 1 aromatic heterocycles. The van der Waals surface area contributed by atoms with E-state index in [0.29, 0.717) is 13.1 Å². The van der Waals surface area contributed by atoms with Crippen LogP contribution in [0.5, 0.6) is 0 Å². The summed E-state index contributed by atoms with van der Waals surface area (Å²) >= 11 is 0. The molecule has 0 unspecified atom stereocenters. The van der Waals surface area contributed by atoms with E-state index in [9.17, 15) is 4.79 Å². The van der Waals surface area contributed by atoms with Crippen LogP contribution >= 0.6 is 0 Å². The lowest BCUT2D eigenvalue weighted by Crippen LogP contribution is -1.80. The van der Waals surface area contributed by atoms with E-state index in [-0.39, 0.29) is 6.61 Å². The Balaban J connectivity index is 0.000000221. The highest BCUT2D eigenvalue weighted by Gasteiger charge is 1.94. The number of aliphatic hydroxyl groups is 1. The number of aromatic amines is 1. The molecule has 0 aliphatic carbocycles. The van der Waals surface area contributed by atoms with Crippen molar-refractivity contribution in [1.82, 2.24) is 4.98 Å². The van der Waals surface area contributed by atoms with Crippen molar-refractivity contribution in [3.8, 4) is 0 Å². The summed E-state index contributed by atoms with van der Waals surface area (Å²) in [5, 5.41) is 9.97. The van der Waals surface area contributed by atoms with Crippen molar-refractivity contribution in [3.63, 3.8) is 0 Å². The quantitative estimate of drug-likeness (QED) is 0.777. The van der Waals surface area contributed by atoms with Crippen LogP contribution in [0.2, 0.25) is 0 Å². The van der Waals surface area contributed by atoms with Gasteiger partial charge in [-0.15, -0.1) is 0 Å². The van der Waals surface area contributed by atoms with Gasteiger partial charge in [-0.1, -0.05) is 6.07 Å². The predicted molar refractivity (Wildman–Crippen MR) is 61.9 cm³/mol. The third-order valence-electron chi connectivity index (χ3n) is 2.03. The minimum absolute atomic E-state index is 0.112. The summed E-state index contributed by atoms with van der Waals surface area (Å²) in [6.07, 6.45) is 1.89. The fourth-order valence-electron chi connectivity index (χ4n) is 1.27. The van der Waals surface area contributed by atoms with Crippen molar-refractivity contribution in [2.45, 2.75) is 13.5 Å². The Morgan fingerprint density at radius 2 is 2.25 bits per heavy atom. The minimum atomic E-state index is 0.112. The zero-order valence-electron chi connectivity index (χ0n) is 9.14. The van der Waals surface area contributed by atoms with Crippen LogP contribution in [-0.2, 0) is 16.1 Å². The highest BCUT2D eigenvalue weighted by atomic mass is 16.5. The molecule has 0 bridgehead atoms. The summed E-state index contributed by atoms with van der Waals surface area (Å²) in [6.45, 7) is 2.78. The van der Waals surface area contributed by atoms with E-state index in [1.807, 2.05) is 30.5 Å². The summed E-state index contributed by atoms with van der Waals surface area (Å²) in [4.78, 5) is 12.3. The summed E-state index contributed by atoms with van der Waals surface area (Å²) < 4.78 is 4.15. The predicted octanol–water partition coefficient (Wildman–Crippen LogP) is 1.84. The van der Waals surface area contributed by atoms with Crippen molar-refractivity contribution >= 4 is 17.4 Å². The number of rotatable bonds is 3. The average Bonchev–Trinajstić information content (AvgIpc) is 2.77. The Labute approximate surface area is 93.9 Å². The molecule has 0 spiro atoms. The molecular weight excluding hydrogens is 206 g/mol. The van der Waals surface area contributed by atoms with Gasteiger partial charge in [0, 0.05) is 11.7 Å². The van der Waals surface area contributed by atoms with Gasteiger partial charge in [0.25, 0.3) is 6.47 Å². The number of carbonyl (C=O) groups excluding carboxylic acids is 1. The number of benzene rings is 1. The average molecular weight is 221 g/mol. The van der Waals surface area contributed by atoms with E-state index in [2.05, 4.69) is 9.72 Å². The topological polar surface area (TPSA) is 62.3 Å². The van der Waals surface area contributed by atoms with Crippen LogP contribution in [0.1, 0.15) is 12.5 Å². The lowest BCUT2D eigenvalue weighted by molar-refractivity contribution is -0.128. The van der Waals surface area contributed by atoms with Gasteiger partial charge in [0.1, 0.15) is 0 Å². The first-order chi connectivity index (χ1) is 7.81. The van der Waals surface area contributed by atoms with Crippen molar-refractivity contribution in [3.05, 3.63) is 36.0 Å². The molecule has 86 valence electrons. The second-order valence-corrected chi connectivity index (χ2v) is 3.11. The van der Waals surface area contributed by atoms with Crippen molar-refractivity contribution in [2.75, 3.05) is 6.61 Å². The van der Waals surface area contributed by atoms with Gasteiger partial charge in [0.2, 0.25) is 0 Å². The Morgan fingerprint density at radius 3 is 2.81 bits per heavy atom. The Bertz CT molecular complexity index is 437. The van der Waals surface area contributed by atoms with Gasteiger partial charge in [-0.05, 0) is 36.1 Å². The number of ether oxygens (including phenoxy) is 1. The third kappa shape index (κ3) is 3.40. The van der Waals surface area contributed by atoms with Crippen LogP contribution in [0.25, 0.3) is 10.9 Å². The summed E-state index contributed by atoms with van der Waals surface area (Å²) in [5.74, 6) is 0. The molecule has 4 nitrogen and oxygen atoms in total. The smallest absolute Gasteiger partial charge is 0.293 e. The van der Waals surface area contributed by atoms with Gasteiger partial charge in [-0.3, -0.25) is 4.79 Å². The molecule has 1 heterocycles. The molecule has 0 aliphatic heterocycles. The van der Waals surface area contributed by atoms with Crippen LogP contribution in [0.15, 0.2) is 30.5 Å². The molecular formula is C12H15NO3. The molecule has 0 radical (unpaired) electrons. The molecule has 0 fully saturated rings. The zero-order chi connectivity index (χ0) is 11.8. The highest BCUT2D eigenvalue weighted by Crippen LogP contribution is 2.13. The molecule has 0 amide bonds.